The third kappa shape index (κ3) is 3.96. The summed E-state index contributed by atoms with van der Waals surface area (Å²) in [6, 6.07) is 0.433. The van der Waals surface area contributed by atoms with E-state index in [1.807, 2.05) is 0 Å². The van der Waals surface area contributed by atoms with Crippen molar-refractivity contribution in [3.05, 3.63) is 0 Å². The van der Waals surface area contributed by atoms with Crippen LogP contribution in [0.15, 0.2) is 0 Å². The molecule has 4 heteroatoms. The minimum absolute atomic E-state index is 0.169. The first-order valence-corrected chi connectivity index (χ1v) is 6.49. The Morgan fingerprint density at radius 3 is 2.53 bits per heavy atom. The van der Waals surface area contributed by atoms with Crippen LogP contribution in [0.4, 0.5) is 0 Å². The number of hydrogen-bond donors (Lipinski definition) is 1. The number of carbonyl (C=O) groups is 1. The van der Waals surface area contributed by atoms with Gasteiger partial charge in [0.25, 0.3) is 0 Å². The van der Waals surface area contributed by atoms with Crippen molar-refractivity contribution in [2.45, 2.75) is 38.6 Å². The highest BCUT2D eigenvalue weighted by Gasteiger charge is 2.49. The number of nitrogens with zero attached hydrogens (tertiary/aromatic N) is 1. The second-order valence-electron chi connectivity index (χ2n) is 5.33. The van der Waals surface area contributed by atoms with Gasteiger partial charge in [0, 0.05) is 19.7 Å². The summed E-state index contributed by atoms with van der Waals surface area (Å²) in [5, 5.41) is 3.08. The number of likely N-dealkylation sites (N-methyl/N-ethyl adjacent to an activating group) is 1. The van der Waals surface area contributed by atoms with Gasteiger partial charge in [0.05, 0.1) is 12.0 Å². The summed E-state index contributed by atoms with van der Waals surface area (Å²) >= 11 is 0. The molecule has 0 heterocycles. The Kier molecular flexibility index (Phi) is 5.40. The highest BCUT2D eigenvalue weighted by molar-refractivity contribution is 5.85. The molecule has 1 saturated carbocycles. The molecule has 4 nitrogen and oxygen atoms in total. The summed E-state index contributed by atoms with van der Waals surface area (Å²) in [7, 11) is 5.79. The molecule has 0 bridgehead atoms. The first-order valence-electron chi connectivity index (χ1n) is 6.49. The van der Waals surface area contributed by atoms with E-state index in [4.69, 9.17) is 4.74 Å². The fourth-order valence-electron chi connectivity index (χ4n) is 2.14. The van der Waals surface area contributed by atoms with Gasteiger partial charge in [-0.3, -0.25) is 4.79 Å². The van der Waals surface area contributed by atoms with Gasteiger partial charge in [0.2, 0.25) is 5.91 Å². The number of amides is 1. The summed E-state index contributed by atoms with van der Waals surface area (Å²) in [6.45, 7) is 3.47. The Morgan fingerprint density at radius 2 is 2.12 bits per heavy atom. The normalized spacial score (nSPS) is 19.1. The van der Waals surface area contributed by atoms with Crippen LogP contribution in [0, 0.1) is 5.41 Å². The Bertz CT molecular complexity index is 250. The van der Waals surface area contributed by atoms with E-state index in [1.54, 1.807) is 7.11 Å². The second-order valence-corrected chi connectivity index (χ2v) is 5.33. The van der Waals surface area contributed by atoms with Crippen LogP contribution in [0.1, 0.15) is 32.6 Å². The summed E-state index contributed by atoms with van der Waals surface area (Å²) in [5.74, 6) is 0.169. The van der Waals surface area contributed by atoms with Gasteiger partial charge in [-0.15, -0.1) is 0 Å². The van der Waals surface area contributed by atoms with Gasteiger partial charge in [-0.2, -0.15) is 0 Å². The maximum absolute atomic E-state index is 12.0. The van der Waals surface area contributed by atoms with Gasteiger partial charge in [-0.25, -0.2) is 0 Å². The molecule has 1 aliphatic carbocycles. The zero-order chi connectivity index (χ0) is 12.9. The van der Waals surface area contributed by atoms with E-state index in [-0.39, 0.29) is 11.3 Å². The topological polar surface area (TPSA) is 41.6 Å². The molecule has 0 aliphatic heterocycles. The van der Waals surface area contributed by atoms with Crippen LogP contribution in [-0.4, -0.2) is 51.2 Å². The van der Waals surface area contributed by atoms with Gasteiger partial charge >= 0.3 is 0 Å². The molecule has 0 aromatic carbocycles. The molecule has 0 saturated heterocycles. The largest absolute Gasteiger partial charge is 0.384 e. The van der Waals surface area contributed by atoms with Crippen LogP contribution in [-0.2, 0) is 9.53 Å². The number of hydrogen-bond acceptors (Lipinski definition) is 3. The smallest absolute Gasteiger partial charge is 0.228 e. The van der Waals surface area contributed by atoms with Crippen molar-refractivity contribution in [1.82, 2.24) is 10.2 Å². The first kappa shape index (κ1) is 14.5. The zero-order valence-corrected chi connectivity index (χ0v) is 11.6. The molecule has 1 atom stereocenters. The lowest BCUT2D eigenvalue weighted by Crippen LogP contribution is -2.43. The molecule has 0 aromatic rings. The number of ether oxygens (including phenoxy) is 1. The molecule has 1 rings (SSSR count). The lowest BCUT2D eigenvalue weighted by atomic mass is 10.1. The highest BCUT2D eigenvalue weighted by Crippen LogP contribution is 2.45. The lowest BCUT2D eigenvalue weighted by Gasteiger charge is -2.25. The first-order chi connectivity index (χ1) is 8.05. The van der Waals surface area contributed by atoms with Crippen LogP contribution in [0.3, 0.4) is 0 Å². The fraction of sp³-hybridized carbons (Fsp3) is 0.923. The Morgan fingerprint density at radius 1 is 1.47 bits per heavy atom. The number of rotatable bonds is 8. The Labute approximate surface area is 105 Å². The monoisotopic (exact) mass is 242 g/mol. The minimum atomic E-state index is -0.210. The third-order valence-electron chi connectivity index (χ3n) is 3.61. The second kappa shape index (κ2) is 6.36. The van der Waals surface area contributed by atoms with E-state index in [0.29, 0.717) is 12.6 Å². The standard InChI is InChI=1S/C13H26N2O2/c1-5-6-11(15(2)3)9-14-12(16)13(7-8-13)10-17-4/h11H,5-10H2,1-4H3,(H,14,16)/t11-/m0/s1. The molecule has 1 amide bonds. The molecule has 0 aromatic heterocycles. The van der Waals surface area contributed by atoms with Crippen molar-refractivity contribution in [2.75, 3.05) is 34.4 Å². The average molecular weight is 242 g/mol. The number of nitrogens with one attached hydrogen (secondary N) is 1. The molecule has 0 spiro atoms. The third-order valence-corrected chi connectivity index (χ3v) is 3.61. The van der Waals surface area contributed by atoms with Crippen molar-refractivity contribution < 1.29 is 9.53 Å². The lowest BCUT2D eigenvalue weighted by molar-refractivity contribution is -0.128. The maximum Gasteiger partial charge on any atom is 0.228 e. The predicted octanol–water partition coefficient (Wildman–Crippen LogP) is 1.26. The van der Waals surface area contributed by atoms with Crippen molar-refractivity contribution in [3.63, 3.8) is 0 Å². The van der Waals surface area contributed by atoms with E-state index in [9.17, 15) is 4.79 Å². The van der Waals surface area contributed by atoms with E-state index in [2.05, 4.69) is 31.2 Å². The predicted molar refractivity (Wildman–Crippen MR) is 68.9 cm³/mol. The van der Waals surface area contributed by atoms with Crippen LogP contribution >= 0.6 is 0 Å². The SMILES string of the molecule is CCC[C@@H](CNC(=O)C1(COC)CC1)N(C)C. The molecule has 0 radical (unpaired) electrons. The summed E-state index contributed by atoms with van der Waals surface area (Å²) < 4.78 is 5.12. The molecule has 17 heavy (non-hydrogen) atoms. The van der Waals surface area contributed by atoms with Crippen molar-refractivity contribution >= 4 is 5.91 Å². The number of carbonyl (C=O) groups excluding carboxylic acids is 1. The van der Waals surface area contributed by atoms with E-state index in [0.717, 1.165) is 32.2 Å². The van der Waals surface area contributed by atoms with E-state index < -0.39 is 0 Å². The summed E-state index contributed by atoms with van der Waals surface area (Å²) in [5.41, 5.74) is -0.210. The van der Waals surface area contributed by atoms with Gasteiger partial charge in [0.1, 0.15) is 0 Å². The number of methoxy groups -OCH3 is 1. The zero-order valence-electron chi connectivity index (χ0n) is 11.6. The van der Waals surface area contributed by atoms with Gasteiger partial charge in [-0.1, -0.05) is 13.3 Å². The van der Waals surface area contributed by atoms with Crippen LogP contribution in [0.5, 0.6) is 0 Å². The molecule has 1 aliphatic rings. The van der Waals surface area contributed by atoms with Crippen LogP contribution < -0.4 is 5.32 Å². The van der Waals surface area contributed by atoms with Crippen molar-refractivity contribution in [1.29, 1.82) is 0 Å². The quantitative estimate of drug-likeness (QED) is 0.697. The summed E-state index contributed by atoms with van der Waals surface area (Å²) in [4.78, 5) is 14.2. The molecule has 1 N–H and O–H groups in total. The van der Waals surface area contributed by atoms with E-state index >= 15 is 0 Å². The van der Waals surface area contributed by atoms with Crippen molar-refractivity contribution in [2.24, 2.45) is 5.41 Å². The fourth-order valence-corrected chi connectivity index (χ4v) is 2.14. The Balaban J connectivity index is 2.36. The molecule has 100 valence electrons. The minimum Gasteiger partial charge on any atom is -0.384 e. The van der Waals surface area contributed by atoms with E-state index in [1.165, 1.54) is 0 Å². The van der Waals surface area contributed by atoms with Gasteiger partial charge < -0.3 is 15.0 Å². The molecule has 0 unspecified atom stereocenters. The highest BCUT2D eigenvalue weighted by atomic mass is 16.5. The Hall–Kier alpha value is -0.610. The van der Waals surface area contributed by atoms with Gasteiger partial charge in [0.15, 0.2) is 0 Å². The van der Waals surface area contributed by atoms with Gasteiger partial charge in [-0.05, 0) is 33.4 Å². The average Bonchev–Trinajstić information content (AvgIpc) is 3.05. The molecular weight excluding hydrogens is 216 g/mol. The van der Waals surface area contributed by atoms with Crippen molar-refractivity contribution in [3.8, 4) is 0 Å². The maximum atomic E-state index is 12.0. The van der Waals surface area contributed by atoms with Crippen LogP contribution in [0.2, 0.25) is 0 Å². The summed E-state index contributed by atoms with van der Waals surface area (Å²) in [6.07, 6.45) is 4.19. The molecular formula is C13H26N2O2. The van der Waals surface area contributed by atoms with Crippen LogP contribution in [0.25, 0.3) is 0 Å². The molecule has 1 fully saturated rings.